The maximum absolute atomic E-state index is 11.9. The van der Waals surface area contributed by atoms with E-state index in [1.807, 2.05) is 6.08 Å². The predicted molar refractivity (Wildman–Crippen MR) is 94.0 cm³/mol. The number of hydrogen-bond acceptors (Lipinski definition) is 3. The third kappa shape index (κ3) is 6.06. The summed E-state index contributed by atoms with van der Waals surface area (Å²) in [5.74, 6) is 0.0724. The van der Waals surface area contributed by atoms with Gasteiger partial charge in [-0.05, 0) is 43.9 Å². The molecule has 1 unspecified atom stereocenters. The van der Waals surface area contributed by atoms with Crippen molar-refractivity contribution in [1.29, 1.82) is 0 Å². The molecule has 2 N–H and O–H groups in total. The molecular weight excluding hydrogens is 351 g/mol. The van der Waals surface area contributed by atoms with Crippen LogP contribution in [-0.2, 0) is 9.59 Å². The van der Waals surface area contributed by atoms with E-state index in [0.29, 0.717) is 28.8 Å². The molecule has 0 saturated carbocycles. The minimum Gasteiger partial charge on any atom is -0.492 e. The first-order valence-electron chi connectivity index (χ1n) is 7.88. The number of benzene rings is 1. The molecule has 0 bridgehead atoms. The van der Waals surface area contributed by atoms with Gasteiger partial charge in [0.2, 0.25) is 11.8 Å². The molecule has 24 heavy (non-hydrogen) atoms. The Kier molecular flexibility index (Phi) is 7.40. The van der Waals surface area contributed by atoms with Crippen LogP contribution < -0.4 is 15.6 Å². The number of rotatable bonds is 6. The predicted octanol–water partition coefficient (Wildman–Crippen LogP) is 3.66. The van der Waals surface area contributed by atoms with Crippen molar-refractivity contribution in [3.8, 4) is 5.75 Å². The van der Waals surface area contributed by atoms with Gasteiger partial charge in [-0.1, -0.05) is 35.4 Å². The summed E-state index contributed by atoms with van der Waals surface area (Å²) in [6.07, 6.45) is 7.24. The zero-order valence-corrected chi connectivity index (χ0v) is 14.7. The summed E-state index contributed by atoms with van der Waals surface area (Å²) in [5, 5.41) is 0.969. The molecule has 1 aliphatic rings. The van der Waals surface area contributed by atoms with Crippen LogP contribution in [-0.4, -0.2) is 18.4 Å². The highest BCUT2D eigenvalue weighted by atomic mass is 35.5. The van der Waals surface area contributed by atoms with E-state index < -0.39 is 0 Å². The normalized spacial score (nSPS) is 16.5. The summed E-state index contributed by atoms with van der Waals surface area (Å²) >= 11 is 11.8. The lowest BCUT2D eigenvalue weighted by molar-refractivity contribution is -0.131. The Bertz CT molecular complexity index is 620. The molecule has 0 saturated heterocycles. The fourth-order valence-corrected chi connectivity index (χ4v) is 2.80. The average Bonchev–Trinajstić information content (AvgIpc) is 2.59. The van der Waals surface area contributed by atoms with Crippen molar-refractivity contribution in [3.05, 3.63) is 40.4 Å². The lowest BCUT2D eigenvalue weighted by atomic mass is 9.94. The molecule has 0 aromatic heterocycles. The molecule has 2 amide bonds. The van der Waals surface area contributed by atoms with Crippen LogP contribution in [0.3, 0.4) is 0 Å². The van der Waals surface area contributed by atoms with E-state index in [0.717, 1.165) is 19.3 Å². The number of amides is 2. The van der Waals surface area contributed by atoms with Crippen molar-refractivity contribution < 1.29 is 14.3 Å². The lowest BCUT2D eigenvalue weighted by Crippen LogP contribution is -2.44. The van der Waals surface area contributed by atoms with E-state index >= 15 is 0 Å². The van der Waals surface area contributed by atoms with Crippen LogP contribution in [0.4, 0.5) is 0 Å². The third-order valence-corrected chi connectivity index (χ3v) is 4.20. The number of allylic oxidation sites excluding steroid dienone is 2. The van der Waals surface area contributed by atoms with E-state index in [2.05, 4.69) is 16.9 Å². The molecule has 1 aromatic carbocycles. The van der Waals surface area contributed by atoms with Gasteiger partial charge in [-0.3, -0.25) is 20.4 Å². The zero-order valence-electron chi connectivity index (χ0n) is 13.2. The number of hydrazine groups is 1. The van der Waals surface area contributed by atoms with Gasteiger partial charge in [0.25, 0.3) is 0 Å². The van der Waals surface area contributed by atoms with Crippen molar-refractivity contribution in [3.63, 3.8) is 0 Å². The number of carbonyl (C=O) groups is 2. The van der Waals surface area contributed by atoms with E-state index in [9.17, 15) is 9.59 Å². The van der Waals surface area contributed by atoms with E-state index in [-0.39, 0.29) is 24.2 Å². The highest BCUT2D eigenvalue weighted by molar-refractivity contribution is 6.35. The summed E-state index contributed by atoms with van der Waals surface area (Å²) in [5.41, 5.74) is 4.91. The number of hydrogen-bond donors (Lipinski definition) is 2. The Morgan fingerprint density at radius 2 is 2.04 bits per heavy atom. The van der Waals surface area contributed by atoms with Crippen molar-refractivity contribution in [2.75, 3.05) is 6.61 Å². The van der Waals surface area contributed by atoms with Gasteiger partial charge in [0.05, 0.1) is 11.6 Å². The van der Waals surface area contributed by atoms with Gasteiger partial charge in [0.15, 0.2) is 0 Å². The second-order valence-corrected chi connectivity index (χ2v) is 6.39. The standard InChI is InChI=1S/C17H20Cl2N2O3/c18-13-8-9-15(14(19)11-13)24-10-4-7-16(22)20-21-17(23)12-5-2-1-3-6-12/h1-2,8-9,11-12H,3-7,10H2,(H,20,22)(H,21,23). The maximum Gasteiger partial charge on any atom is 0.241 e. The molecule has 5 nitrogen and oxygen atoms in total. The Morgan fingerprint density at radius 3 is 2.75 bits per heavy atom. The first-order chi connectivity index (χ1) is 11.6. The summed E-state index contributed by atoms with van der Waals surface area (Å²) in [6.45, 7) is 0.343. The van der Waals surface area contributed by atoms with Crippen LogP contribution in [0.5, 0.6) is 5.75 Å². The zero-order chi connectivity index (χ0) is 17.4. The Morgan fingerprint density at radius 1 is 1.21 bits per heavy atom. The molecule has 0 spiro atoms. The van der Waals surface area contributed by atoms with Crippen LogP contribution in [0.25, 0.3) is 0 Å². The highest BCUT2D eigenvalue weighted by Gasteiger charge is 2.18. The van der Waals surface area contributed by atoms with Crippen molar-refractivity contribution >= 4 is 35.0 Å². The lowest BCUT2D eigenvalue weighted by Gasteiger charge is -2.17. The van der Waals surface area contributed by atoms with Gasteiger partial charge in [-0.15, -0.1) is 0 Å². The molecule has 130 valence electrons. The largest absolute Gasteiger partial charge is 0.492 e. The minimum absolute atomic E-state index is 0.0642. The minimum atomic E-state index is -0.250. The SMILES string of the molecule is O=C(CCCOc1ccc(Cl)cc1Cl)NNC(=O)C1CC=CCC1. The Labute approximate surface area is 151 Å². The summed E-state index contributed by atoms with van der Waals surface area (Å²) in [6, 6.07) is 4.97. The molecule has 1 aliphatic carbocycles. The Hall–Kier alpha value is -1.72. The molecule has 1 aromatic rings. The summed E-state index contributed by atoms with van der Waals surface area (Å²) in [7, 11) is 0. The fraction of sp³-hybridized carbons (Fsp3) is 0.412. The van der Waals surface area contributed by atoms with E-state index in [4.69, 9.17) is 27.9 Å². The summed E-state index contributed by atoms with van der Waals surface area (Å²) in [4.78, 5) is 23.6. The molecule has 0 fully saturated rings. The number of ether oxygens (including phenoxy) is 1. The number of halogens is 2. The van der Waals surface area contributed by atoms with Gasteiger partial charge in [0.1, 0.15) is 5.75 Å². The van der Waals surface area contributed by atoms with Crippen LogP contribution >= 0.6 is 23.2 Å². The second kappa shape index (κ2) is 9.55. The van der Waals surface area contributed by atoms with Gasteiger partial charge in [-0.2, -0.15) is 0 Å². The van der Waals surface area contributed by atoms with Crippen LogP contribution in [0.2, 0.25) is 10.0 Å². The first-order valence-corrected chi connectivity index (χ1v) is 8.63. The van der Waals surface area contributed by atoms with Crippen LogP contribution in [0.15, 0.2) is 30.4 Å². The number of nitrogens with one attached hydrogen (secondary N) is 2. The van der Waals surface area contributed by atoms with Gasteiger partial charge in [0, 0.05) is 17.4 Å². The maximum atomic E-state index is 11.9. The third-order valence-electron chi connectivity index (χ3n) is 3.66. The van der Waals surface area contributed by atoms with Gasteiger partial charge >= 0.3 is 0 Å². The monoisotopic (exact) mass is 370 g/mol. The topological polar surface area (TPSA) is 67.4 Å². The van der Waals surface area contributed by atoms with Gasteiger partial charge < -0.3 is 4.74 Å². The smallest absolute Gasteiger partial charge is 0.241 e. The fourth-order valence-electron chi connectivity index (χ4n) is 2.33. The second-order valence-electron chi connectivity index (χ2n) is 5.55. The van der Waals surface area contributed by atoms with Crippen molar-refractivity contribution in [1.82, 2.24) is 10.9 Å². The van der Waals surface area contributed by atoms with Crippen LogP contribution in [0, 0.1) is 5.92 Å². The van der Waals surface area contributed by atoms with Gasteiger partial charge in [-0.25, -0.2) is 0 Å². The van der Waals surface area contributed by atoms with Crippen molar-refractivity contribution in [2.45, 2.75) is 32.1 Å². The first kappa shape index (κ1) is 18.6. The molecular formula is C17H20Cl2N2O3. The highest BCUT2D eigenvalue weighted by Crippen LogP contribution is 2.27. The number of carbonyl (C=O) groups excluding carboxylic acids is 2. The Balaban J connectivity index is 1.61. The molecule has 0 radical (unpaired) electrons. The molecule has 0 aliphatic heterocycles. The molecule has 0 heterocycles. The molecule has 1 atom stereocenters. The van der Waals surface area contributed by atoms with E-state index in [1.54, 1.807) is 18.2 Å². The quantitative estimate of drug-likeness (QED) is 0.456. The average molecular weight is 371 g/mol. The molecule has 7 heteroatoms. The van der Waals surface area contributed by atoms with E-state index in [1.165, 1.54) is 0 Å². The molecule has 2 rings (SSSR count). The van der Waals surface area contributed by atoms with Crippen molar-refractivity contribution in [2.24, 2.45) is 5.92 Å². The summed E-state index contributed by atoms with van der Waals surface area (Å²) < 4.78 is 5.50. The van der Waals surface area contributed by atoms with Crippen LogP contribution in [0.1, 0.15) is 32.1 Å².